The van der Waals surface area contributed by atoms with E-state index < -0.39 is 0 Å². The molecule has 2 atom stereocenters. The summed E-state index contributed by atoms with van der Waals surface area (Å²) < 4.78 is 5.76. The van der Waals surface area contributed by atoms with Crippen molar-refractivity contribution < 1.29 is 4.74 Å². The van der Waals surface area contributed by atoms with Gasteiger partial charge in [0.15, 0.2) is 0 Å². The van der Waals surface area contributed by atoms with Gasteiger partial charge in [-0.3, -0.25) is 4.90 Å². The van der Waals surface area contributed by atoms with Gasteiger partial charge in [-0.15, -0.1) is 0 Å². The van der Waals surface area contributed by atoms with E-state index >= 15 is 0 Å². The van der Waals surface area contributed by atoms with Gasteiger partial charge in [0.05, 0.1) is 13.2 Å². The first kappa shape index (κ1) is 12.2. The van der Waals surface area contributed by atoms with E-state index in [1.54, 1.807) is 0 Å². The van der Waals surface area contributed by atoms with Gasteiger partial charge in [-0.25, -0.2) is 0 Å². The van der Waals surface area contributed by atoms with Gasteiger partial charge in [0.25, 0.3) is 0 Å². The number of nitrogens with one attached hydrogen (secondary N) is 1. The highest BCUT2D eigenvalue weighted by Crippen LogP contribution is 2.23. The molecule has 2 aliphatic rings. The van der Waals surface area contributed by atoms with Gasteiger partial charge in [0.2, 0.25) is 0 Å². The highest BCUT2D eigenvalue weighted by Gasteiger charge is 2.32. The molecule has 0 amide bonds. The number of hydrogen-bond donors (Lipinski definition) is 1. The Labute approximate surface area is 109 Å². The molecular formula is C15H22N2O. The van der Waals surface area contributed by atoms with Gasteiger partial charge >= 0.3 is 0 Å². The lowest BCUT2D eigenvalue weighted by Crippen LogP contribution is -2.51. The largest absolute Gasteiger partial charge is 0.380 e. The maximum absolute atomic E-state index is 5.76. The molecule has 0 bridgehead atoms. The van der Waals surface area contributed by atoms with E-state index in [9.17, 15) is 0 Å². The smallest absolute Gasteiger partial charge is 0.0593 e. The molecule has 0 unspecified atom stereocenters. The Morgan fingerprint density at radius 3 is 3.06 bits per heavy atom. The zero-order chi connectivity index (χ0) is 12.2. The summed E-state index contributed by atoms with van der Waals surface area (Å²) in [5, 5.41) is 3.53. The summed E-state index contributed by atoms with van der Waals surface area (Å²) >= 11 is 0. The number of ether oxygens (including phenoxy) is 1. The molecule has 1 N–H and O–H groups in total. The molecule has 3 nitrogen and oxygen atoms in total. The molecule has 0 aromatic heterocycles. The number of piperidine rings is 1. The lowest BCUT2D eigenvalue weighted by atomic mass is 9.92. The number of benzene rings is 1. The monoisotopic (exact) mass is 246 g/mol. The molecule has 2 saturated heterocycles. The predicted molar refractivity (Wildman–Crippen MR) is 72.4 cm³/mol. The molecule has 0 saturated carbocycles. The minimum absolute atomic E-state index is 0.640. The highest BCUT2D eigenvalue weighted by molar-refractivity contribution is 5.14. The highest BCUT2D eigenvalue weighted by atomic mass is 16.5. The summed E-state index contributed by atoms with van der Waals surface area (Å²) in [6.07, 6.45) is 1.25. The zero-order valence-electron chi connectivity index (χ0n) is 10.8. The Hall–Kier alpha value is -0.900. The van der Waals surface area contributed by atoms with Crippen LogP contribution in [0.15, 0.2) is 30.3 Å². The topological polar surface area (TPSA) is 24.5 Å². The van der Waals surface area contributed by atoms with Crippen LogP contribution >= 0.6 is 0 Å². The number of hydrogen-bond acceptors (Lipinski definition) is 3. The van der Waals surface area contributed by atoms with E-state index in [4.69, 9.17) is 4.74 Å². The van der Waals surface area contributed by atoms with Crippen LogP contribution in [-0.2, 0) is 11.3 Å². The molecule has 2 heterocycles. The van der Waals surface area contributed by atoms with Crippen LogP contribution in [0.25, 0.3) is 0 Å². The Balaban J connectivity index is 1.72. The molecular weight excluding hydrogens is 224 g/mol. The molecule has 2 aliphatic heterocycles. The van der Waals surface area contributed by atoms with E-state index in [-0.39, 0.29) is 0 Å². The van der Waals surface area contributed by atoms with Gasteiger partial charge in [0.1, 0.15) is 0 Å². The summed E-state index contributed by atoms with van der Waals surface area (Å²) in [4.78, 5) is 2.60. The minimum Gasteiger partial charge on any atom is -0.380 e. The Bertz CT molecular complexity index is 368. The number of fused-ring (bicyclic) bond motifs is 1. The van der Waals surface area contributed by atoms with Gasteiger partial charge in [-0.2, -0.15) is 0 Å². The molecule has 98 valence electrons. The van der Waals surface area contributed by atoms with Gasteiger partial charge in [0, 0.05) is 31.6 Å². The summed E-state index contributed by atoms with van der Waals surface area (Å²) in [6, 6.07) is 11.4. The van der Waals surface area contributed by atoms with E-state index in [0.717, 1.165) is 39.4 Å². The maximum atomic E-state index is 5.76. The van der Waals surface area contributed by atoms with E-state index in [1.807, 2.05) is 0 Å². The fourth-order valence-corrected chi connectivity index (χ4v) is 3.11. The SMILES string of the molecule is c1ccc(CN2CCOC[C@H]3CCNC[C@H]32)cc1. The van der Waals surface area contributed by atoms with Gasteiger partial charge in [-0.1, -0.05) is 30.3 Å². The zero-order valence-corrected chi connectivity index (χ0v) is 10.8. The fourth-order valence-electron chi connectivity index (χ4n) is 3.11. The van der Waals surface area contributed by atoms with Crippen molar-refractivity contribution in [3.63, 3.8) is 0 Å². The Morgan fingerprint density at radius 1 is 1.28 bits per heavy atom. The fraction of sp³-hybridized carbons (Fsp3) is 0.600. The van der Waals surface area contributed by atoms with Gasteiger partial charge < -0.3 is 10.1 Å². The quantitative estimate of drug-likeness (QED) is 0.856. The third-order valence-electron chi connectivity index (χ3n) is 4.14. The van der Waals surface area contributed by atoms with E-state index in [0.29, 0.717) is 12.0 Å². The third-order valence-corrected chi connectivity index (χ3v) is 4.14. The van der Waals surface area contributed by atoms with E-state index in [2.05, 4.69) is 40.5 Å². The molecule has 3 heteroatoms. The van der Waals surface area contributed by atoms with Crippen molar-refractivity contribution in [1.82, 2.24) is 10.2 Å². The molecule has 1 aromatic carbocycles. The average Bonchev–Trinajstić information content (AvgIpc) is 2.63. The van der Waals surface area contributed by atoms with Crippen molar-refractivity contribution in [3.8, 4) is 0 Å². The molecule has 0 aliphatic carbocycles. The second-order valence-corrected chi connectivity index (χ2v) is 5.35. The summed E-state index contributed by atoms with van der Waals surface area (Å²) in [5.74, 6) is 0.706. The molecule has 1 aromatic rings. The molecule has 3 rings (SSSR count). The second-order valence-electron chi connectivity index (χ2n) is 5.35. The normalized spacial score (nSPS) is 29.6. The minimum atomic E-state index is 0.640. The first-order chi connectivity index (χ1) is 8.93. The van der Waals surface area contributed by atoms with Crippen LogP contribution in [0.1, 0.15) is 12.0 Å². The molecule has 2 fully saturated rings. The standard InChI is InChI=1S/C15H22N2O/c1-2-4-13(5-3-1)11-17-8-9-18-12-14-6-7-16-10-15(14)17/h1-5,14-16H,6-12H2/t14-,15-/m1/s1. The average molecular weight is 246 g/mol. The van der Waals surface area contributed by atoms with Crippen molar-refractivity contribution in [3.05, 3.63) is 35.9 Å². The van der Waals surface area contributed by atoms with E-state index in [1.165, 1.54) is 12.0 Å². The number of rotatable bonds is 2. The van der Waals surface area contributed by atoms with Crippen LogP contribution < -0.4 is 5.32 Å². The van der Waals surface area contributed by atoms with Crippen LogP contribution in [0.4, 0.5) is 0 Å². The summed E-state index contributed by atoms with van der Waals surface area (Å²) in [7, 11) is 0. The lowest BCUT2D eigenvalue weighted by Gasteiger charge is -2.37. The first-order valence-electron chi connectivity index (χ1n) is 7.00. The first-order valence-corrected chi connectivity index (χ1v) is 7.00. The predicted octanol–water partition coefficient (Wildman–Crippen LogP) is 1.50. The second kappa shape index (κ2) is 5.83. The summed E-state index contributed by atoms with van der Waals surface area (Å²) in [6.45, 7) is 6.17. The van der Waals surface area contributed by atoms with Crippen LogP contribution in [0, 0.1) is 5.92 Å². The molecule has 18 heavy (non-hydrogen) atoms. The Morgan fingerprint density at radius 2 is 2.17 bits per heavy atom. The maximum Gasteiger partial charge on any atom is 0.0593 e. The third kappa shape index (κ3) is 2.74. The van der Waals surface area contributed by atoms with Crippen molar-refractivity contribution in [1.29, 1.82) is 0 Å². The van der Waals surface area contributed by atoms with Crippen LogP contribution in [0.5, 0.6) is 0 Å². The van der Waals surface area contributed by atoms with Crippen LogP contribution in [0.2, 0.25) is 0 Å². The Kier molecular flexibility index (Phi) is 3.93. The van der Waals surface area contributed by atoms with Gasteiger partial charge in [-0.05, 0) is 18.5 Å². The molecule has 0 spiro atoms. The van der Waals surface area contributed by atoms with Crippen molar-refractivity contribution in [2.45, 2.75) is 19.0 Å². The van der Waals surface area contributed by atoms with Crippen molar-refractivity contribution in [2.75, 3.05) is 32.8 Å². The van der Waals surface area contributed by atoms with Crippen LogP contribution in [0.3, 0.4) is 0 Å². The van der Waals surface area contributed by atoms with Crippen LogP contribution in [-0.4, -0.2) is 43.8 Å². The molecule has 0 radical (unpaired) electrons. The number of nitrogens with zero attached hydrogens (tertiary/aromatic N) is 1. The van der Waals surface area contributed by atoms with Crippen molar-refractivity contribution in [2.24, 2.45) is 5.92 Å². The van der Waals surface area contributed by atoms with Crippen molar-refractivity contribution >= 4 is 0 Å². The summed E-state index contributed by atoms with van der Waals surface area (Å²) in [5.41, 5.74) is 1.41. The lowest BCUT2D eigenvalue weighted by molar-refractivity contribution is 0.0991.